The van der Waals surface area contributed by atoms with Gasteiger partial charge in [0.2, 0.25) is 11.8 Å². The largest absolute Gasteiger partial charge is 0.339 e. The fourth-order valence-corrected chi connectivity index (χ4v) is 3.56. The van der Waals surface area contributed by atoms with Crippen molar-refractivity contribution in [1.29, 1.82) is 0 Å². The Morgan fingerprint density at radius 1 is 1.28 bits per heavy atom. The summed E-state index contributed by atoms with van der Waals surface area (Å²) in [5, 5.41) is 3.59. The highest BCUT2D eigenvalue weighted by Gasteiger charge is 2.27. The van der Waals surface area contributed by atoms with Crippen molar-refractivity contribution in [2.24, 2.45) is 5.92 Å². The van der Waals surface area contributed by atoms with Gasteiger partial charge in [0.1, 0.15) is 16.5 Å². The van der Waals surface area contributed by atoms with Crippen LogP contribution in [0.15, 0.2) is 42.4 Å². The number of likely N-dealkylation sites (tertiary alicyclic amines) is 1. The maximum Gasteiger partial charge on any atom is 0.245 e. The highest BCUT2D eigenvalue weighted by atomic mass is 32.1. The van der Waals surface area contributed by atoms with Crippen molar-refractivity contribution in [2.75, 3.05) is 18.4 Å². The molecule has 2 amide bonds. The van der Waals surface area contributed by atoms with E-state index >= 15 is 0 Å². The third-order valence-electron chi connectivity index (χ3n) is 4.27. The molecule has 0 aliphatic carbocycles. The Labute approximate surface area is 149 Å². The number of rotatable bonds is 4. The van der Waals surface area contributed by atoms with Crippen LogP contribution >= 0.6 is 11.3 Å². The van der Waals surface area contributed by atoms with E-state index in [-0.39, 0.29) is 23.5 Å². The van der Waals surface area contributed by atoms with Gasteiger partial charge in [-0.15, -0.1) is 11.3 Å². The average molecular weight is 359 g/mol. The van der Waals surface area contributed by atoms with E-state index in [0.717, 1.165) is 5.56 Å². The van der Waals surface area contributed by atoms with Crippen LogP contribution in [0, 0.1) is 11.7 Å². The van der Waals surface area contributed by atoms with Gasteiger partial charge in [-0.25, -0.2) is 9.37 Å². The lowest BCUT2D eigenvalue weighted by Gasteiger charge is -2.30. The molecule has 1 aromatic carbocycles. The molecule has 5 nitrogen and oxygen atoms in total. The lowest BCUT2D eigenvalue weighted by atomic mass is 9.96. The summed E-state index contributed by atoms with van der Waals surface area (Å²) >= 11 is 1.34. The Kier molecular flexibility index (Phi) is 5.23. The normalized spacial score (nSPS) is 15.0. The van der Waals surface area contributed by atoms with E-state index in [0.29, 0.717) is 36.6 Å². The Bertz CT molecular complexity index is 780. The molecular formula is C18H18FN3O2S. The first-order valence-electron chi connectivity index (χ1n) is 8.00. The molecule has 7 heteroatoms. The van der Waals surface area contributed by atoms with E-state index in [9.17, 15) is 14.0 Å². The standard InChI is InChI=1S/C18H18FN3O2S/c1-2-15(23)22-9-7-13(8-10-22)17(24)21-18-16(20-11-25-18)12-3-5-14(19)6-4-12/h2-6,11,13H,1,7-10H2,(H,21,24). The molecule has 0 radical (unpaired) electrons. The minimum atomic E-state index is -0.314. The molecule has 0 spiro atoms. The molecule has 1 aromatic heterocycles. The van der Waals surface area contributed by atoms with Gasteiger partial charge in [-0.1, -0.05) is 6.58 Å². The number of hydrogen-bond donors (Lipinski definition) is 1. The van der Waals surface area contributed by atoms with Crippen LogP contribution < -0.4 is 5.32 Å². The topological polar surface area (TPSA) is 62.3 Å². The highest BCUT2D eigenvalue weighted by Crippen LogP contribution is 2.31. The van der Waals surface area contributed by atoms with Crippen molar-refractivity contribution >= 4 is 28.2 Å². The molecule has 0 unspecified atom stereocenters. The molecule has 1 saturated heterocycles. The number of nitrogens with one attached hydrogen (secondary N) is 1. The van der Waals surface area contributed by atoms with Gasteiger partial charge in [-0.05, 0) is 43.2 Å². The number of thiazole rings is 1. The van der Waals surface area contributed by atoms with Crippen LogP contribution in [0.1, 0.15) is 12.8 Å². The lowest BCUT2D eigenvalue weighted by Crippen LogP contribution is -2.40. The minimum absolute atomic E-state index is 0.0710. The smallest absolute Gasteiger partial charge is 0.245 e. The van der Waals surface area contributed by atoms with E-state index in [2.05, 4.69) is 16.9 Å². The van der Waals surface area contributed by atoms with E-state index < -0.39 is 0 Å². The van der Waals surface area contributed by atoms with E-state index in [1.807, 2.05) is 0 Å². The predicted octanol–water partition coefficient (Wildman–Crippen LogP) is 3.31. The fourth-order valence-electron chi connectivity index (χ4n) is 2.85. The molecule has 130 valence electrons. The predicted molar refractivity (Wildman–Crippen MR) is 95.6 cm³/mol. The summed E-state index contributed by atoms with van der Waals surface area (Å²) in [5.74, 6) is -0.624. The van der Waals surface area contributed by atoms with Crippen LogP contribution in [0.5, 0.6) is 0 Å². The fraction of sp³-hybridized carbons (Fsp3) is 0.278. The number of carbonyl (C=O) groups is 2. The summed E-state index contributed by atoms with van der Waals surface area (Å²) in [7, 11) is 0. The SMILES string of the molecule is C=CC(=O)N1CCC(C(=O)Nc2scnc2-c2ccc(F)cc2)CC1. The van der Waals surface area contributed by atoms with Gasteiger partial charge in [-0.3, -0.25) is 9.59 Å². The van der Waals surface area contributed by atoms with E-state index in [1.54, 1.807) is 22.5 Å². The average Bonchev–Trinajstić information content (AvgIpc) is 3.10. The van der Waals surface area contributed by atoms with E-state index in [1.165, 1.54) is 29.5 Å². The van der Waals surface area contributed by atoms with Crippen LogP contribution in [0.4, 0.5) is 9.39 Å². The van der Waals surface area contributed by atoms with Crippen LogP contribution in [-0.4, -0.2) is 34.8 Å². The van der Waals surface area contributed by atoms with Crippen LogP contribution in [0.2, 0.25) is 0 Å². The van der Waals surface area contributed by atoms with Crippen molar-refractivity contribution in [1.82, 2.24) is 9.88 Å². The number of anilines is 1. The van der Waals surface area contributed by atoms with Crippen molar-refractivity contribution in [3.63, 3.8) is 0 Å². The first-order valence-corrected chi connectivity index (χ1v) is 8.88. The number of nitrogens with zero attached hydrogens (tertiary/aromatic N) is 2. The van der Waals surface area contributed by atoms with Crippen molar-refractivity contribution in [2.45, 2.75) is 12.8 Å². The molecule has 0 atom stereocenters. The molecule has 3 rings (SSSR count). The summed E-state index contributed by atoms with van der Waals surface area (Å²) in [4.78, 5) is 30.1. The van der Waals surface area contributed by atoms with Crippen LogP contribution in [0.3, 0.4) is 0 Å². The number of aromatic nitrogens is 1. The second kappa shape index (κ2) is 7.57. The number of amides is 2. The quantitative estimate of drug-likeness (QED) is 0.852. The molecule has 1 N–H and O–H groups in total. The van der Waals surface area contributed by atoms with Gasteiger partial charge in [0, 0.05) is 24.6 Å². The van der Waals surface area contributed by atoms with Gasteiger partial charge >= 0.3 is 0 Å². The number of benzene rings is 1. The monoisotopic (exact) mass is 359 g/mol. The molecule has 0 saturated carbocycles. The van der Waals surface area contributed by atoms with Gasteiger partial charge in [0.05, 0.1) is 5.51 Å². The summed E-state index contributed by atoms with van der Waals surface area (Å²) < 4.78 is 13.1. The van der Waals surface area contributed by atoms with Gasteiger partial charge in [0.25, 0.3) is 0 Å². The second-order valence-electron chi connectivity index (χ2n) is 5.83. The molecule has 0 bridgehead atoms. The first kappa shape index (κ1) is 17.3. The van der Waals surface area contributed by atoms with Crippen molar-refractivity contribution in [3.05, 3.63) is 48.2 Å². The zero-order valence-corrected chi connectivity index (χ0v) is 14.4. The Morgan fingerprint density at radius 3 is 2.60 bits per heavy atom. The number of piperidine rings is 1. The zero-order chi connectivity index (χ0) is 17.8. The van der Waals surface area contributed by atoms with E-state index in [4.69, 9.17) is 0 Å². The van der Waals surface area contributed by atoms with Crippen molar-refractivity contribution < 1.29 is 14.0 Å². The summed E-state index contributed by atoms with van der Waals surface area (Å²) in [6.45, 7) is 4.59. The second-order valence-corrected chi connectivity index (χ2v) is 6.68. The third-order valence-corrected chi connectivity index (χ3v) is 5.02. The van der Waals surface area contributed by atoms with Crippen molar-refractivity contribution in [3.8, 4) is 11.3 Å². The maximum absolute atomic E-state index is 13.1. The Hall–Kier alpha value is -2.54. The summed E-state index contributed by atoms with van der Waals surface area (Å²) in [6, 6.07) is 6.01. The minimum Gasteiger partial charge on any atom is -0.339 e. The molecule has 2 heterocycles. The maximum atomic E-state index is 13.1. The van der Waals surface area contributed by atoms with Crippen LogP contribution in [-0.2, 0) is 9.59 Å². The summed E-state index contributed by atoms with van der Waals surface area (Å²) in [5.41, 5.74) is 3.04. The number of carbonyl (C=O) groups excluding carboxylic acids is 2. The molecule has 25 heavy (non-hydrogen) atoms. The third kappa shape index (κ3) is 3.93. The number of hydrogen-bond acceptors (Lipinski definition) is 4. The Balaban J connectivity index is 1.65. The van der Waals surface area contributed by atoms with Gasteiger partial charge in [0.15, 0.2) is 0 Å². The van der Waals surface area contributed by atoms with Crippen LogP contribution in [0.25, 0.3) is 11.3 Å². The van der Waals surface area contributed by atoms with Gasteiger partial charge < -0.3 is 10.2 Å². The first-order chi connectivity index (χ1) is 12.1. The molecule has 1 aliphatic heterocycles. The summed E-state index contributed by atoms with van der Waals surface area (Å²) in [6.07, 6.45) is 2.54. The molecule has 1 fully saturated rings. The molecular weight excluding hydrogens is 341 g/mol. The lowest BCUT2D eigenvalue weighted by molar-refractivity contribution is -0.130. The highest BCUT2D eigenvalue weighted by molar-refractivity contribution is 7.14. The Morgan fingerprint density at radius 2 is 1.96 bits per heavy atom. The zero-order valence-electron chi connectivity index (χ0n) is 13.6. The molecule has 2 aromatic rings. The number of halogens is 1. The van der Waals surface area contributed by atoms with Gasteiger partial charge in [-0.2, -0.15) is 0 Å². The molecule has 1 aliphatic rings.